The van der Waals surface area contributed by atoms with Gasteiger partial charge in [0.15, 0.2) is 5.58 Å². The molecule has 2 aromatic heterocycles. The molecule has 0 amide bonds. The molecule has 3 rings (SSSR count). The molecule has 0 fully saturated rings. The predicted molar refractivity (Wildman–Crippen MR) is 64.7 cm³/mol. The highest BCUT2D eigenvalue weighted by Gasteiger charge is 2.12. The molecule has 1 aromatic carbocycles. The van der Waals surface area contributed by atoms with Gasteiger partial charge in [-0.3, -0.25) is 0 Å². The van der Waals surface area contributed by atoms with Gasteiger partial charge in [-0.05, 0) is 25.1 Å². The third-order valence-electron chi connectivity index (χ3n) is 2.57. The lowest BCUT2D eigenvalue weighted by atomic mass is 10.1. The second-order valence-electron chi connectivity index (χ2n) is 3.65. The lowest BCUT2D eigenvalue weighted by Crippen LogP contribution is -1.98. The summed E-state index contributed by atoms with van der Waals surface area (Å²) in [7, 11) is 0. The summed E-state index contributed by atoms with van der Waals surface area (Å²) >= 11 is 3.33. The SMILES string of the molecule is Cc1coc2c1c(=O)oc1cc(Br)ccc12. The molecule has 0 aliphatic carbocycles. The Labute approximate surface area is 98.8 Å². The Bertz CT molecular complexity index is 752. The molecule has 0 atom stereocenters. The average molecular weight is 279 g/mol. The molecule has 3 nitrogen and oxygen atoms in total. The van der Waals surface area contributed by atoms with Crippen LogP contribution >= 0.6 is 15.9 Å². The number of furan rings is 1. The van der Waals surface area contributed by atoms with E-state index in [2.05, 4.69) is 15.9 Å². The van der Waals surface area contributed by atoms with Crippen molar-refractivity contribution >= 4 is 37.9 Å². The molecule has 4 heteroatoms. The molecule has 0 spiro atoms. The molecule has 0 bridgehead atoms. The van der Waals surface area contributed by atoms with Gasteiger partial charge in [0, 0.05) is 10.0 Å². The number of hydrogen-bond acceptors (Lipinski definition) is 3. The first kappa shape index (κ1) is 9.66. The zero-order chi connectivity index (χ0) is 11.3. The summed E-state index contributed by atoms with van der Waals surface area (Å²) in [5, 5.41) is 1.33. The third-order valence-corrected chi connectivity index (χ3v) is 3.06. The maximum absolute atomic E-state index is 11.7. The summed E-state index contributed by atoms with van der Waals surface area (Å²) in [4.78, 5) is 11.7. The molecular weight excluding hydrogens is 272 g/mol. The minimum Gasteiger partial charge on any atom is -0.463 e. The predicted octanol–water partition coefficient (Wildman–Crippen LogP) is 3.61. The van der Waals surface area contributed by atoms with Crippen LogP contribution in [0.1, 0.15) is 5.56 Å². The number of halogens is 1. The van der Waals surface area contributed by atoms with Gasteiger partial charge >= 0.3 is 5.63 Å². The first-order valence-corrected chi connectivity index (χ1v) is 5.56. The highest BCUT2D eigenvalue weighted by atomic mass is 79.9. The molecule has 16 heavy (non-hydrogen) atoms. The van der Waals surface area contributed by atoms with Crippen molar-refractivity contribution in [2.45, 2.75) is 6.92 Å². The first-order chi connectivity index (χ1) is 7.66. The van der Waals surface area contributed by atoms with E-state index in [1.54, 1.807) is 12.3 Å². The Morgan fingerprint density at radius 1 is 1.31 bits per heavy atom. The number of rotatable bonds is 0. The van der Waals surface area contributed by atoms with E-state index in [1.807, 2.05) is 19.1 Å². The van der Waals surface area contributed by atoms with Gasteiger partial charge < -0.3 is 8.83 Å². The summed E-state index contributed by atoms with van der Waals surface area (Å²) in [5.74, 6) is 0. The van der Waals surface area contributed by atoms with E-state index < -0.39 is 0 Å². The number of fused-ring (bicyclic) bond motifs is 3. The van der Waals surface area contributed by atoms with E-state index in [1.165, 1.54) is 0 Å². The highest BCUT2D eigenvalue weighted by Crippen LogP contribution is 2.27. The van der Waals surface area contributed by atoms with Gasteiger partial charge in [-0.15, -0.1) is 0 Å². The Kier molecular flexibility index (Phi) is 1.94. The largest absolute Gasteiger partial charge is 0.463 e. The van der Waals surface area contributed by atoms with Crippen LogP contribution < -0.4 is 5.63 Å². The van der Waals surface area contributed by atoms with Crippen LogP contribution in [0.15, 0.2) is 42.6 Å². The van der Waals surface area contributed by atoms with Crippen molar-refractivity contribution in [2.24, 2.45) is 0 Å². The molecule has 3 aromatic rings. The summed E-state index contributed by atoms with van der Waals surface area (Å²) in [6.07, 6.45) is 1.57. The fraction of sp³-hybridized carbons (Fsp3) is 0.0833. The number of benzene rings is 1. The summed E-state index contributed by atoms with van der Waals surface area (Å²) < 4.78 is 11.5. The lowest BCUT2D eigenvalue weighted by molar-refractivity contribution is 0.564. The molecule has 2 heterocycles. The molecule has 0 N–H and O–H groups in total. The van der Waals surface area contributed by atoms with Gasteiger partial charge in [-0.2, -0.15) is 0 Å². The van der Waals surface area contributed by atoms with Crippen molar-refractivity contribution in [1.82, 2.24) is 0 Å². The maximum Gasteiger partial charge on any atom is 0.347 e. The van der Waals surface area contributed by atoms with E-state index >= 15 is 0 Å². The van der Waals surface area contributed by atoms with E-state index in [9.17, 15) is 4.79 Å². The van der Waals surface area contributed by atoms with E-state index in [4.69, 9.17) is 8.83 Å². The molecule has 80 valence electrons. The van der Waals surface area contributed by atoms with Crippen LogP contribution in [0.2, 0.25) is 0 Å². The van der Waals surface area contributed by atoms with Crippen molar-refractivity contribution in [3.05, 3.63) is 44.9 Å². The maximum atomic E-state index is 11.7. The molecule has 0 saturated carbocycles. The molecule has 0 aliphatic heterocycles. The van der Waals surface area contributed by atoms with Crippen LogP contribution in [-0.2, 0) is 0 Å². The van der Waals surface area contributed by atoms with Crippen molar-refractivity contribution in [2.75, 3.05) is 0 Å². The van der Waals surface area contributed by atoms with E-state index in [-0.39, 0.29) is 5.63 Å². The Morgan fingerprint density at radius 2 is 2.12 bits per heavy atom. The fourth-order valence-electron chi connectivity index (χ4n) is 1.82. The summed E-state index contributed by atoms with van der Waals surface area (Å²) in [5.41, 5.74) is 1.57. The minimum atomic E-state index is -0.355. The molecular formula is C12H7BrO3. The van der Waals surface area contributed by atoms with Crippen LogP contribution in [0.5, 0.6) is 0 Å². The monoisotopic (exact) mass is 278 g/mol. The second-order valence-corrected chi connectivity index (χ2v) is 4.57. The first-order valence-electron chi connectivity index (χ1n) is 4.77. The Morgan fingerprint density at radius 3 is 2.94 bits per heavy atom. The summed E-state index contributed by atoms with van der Waals surface area (Å²) in [6, 6.07) is 5.52. The van der Waals surface area contributed by atoms with Gasteiger partial charge in [-0.25, -0.2) is 4.79 Å². The fourth-order valence-corrected chi connectivity index (χ4v) is 2.16. The quantitative estimate of drug-likeness (QED) is 0.590. The van der Waals surface area contributed by atoms with Gasteiger partial charge in [0.05, 0.1) is 11.6 Å². The van der Waals surface area contributed by atoms with Gasteiger partial charge in [0.25, 0.3) is 0 Å². The van der Waals surface area contributed by atoms with E-state index in [0.29, 0.717) is 16.6 Å². The molecule has 0 saturated heterocycles. The molecule has 0 unspecified atom stereocenters. The average Bonchev–Trinajstić information content (AvgIpc) is 2.61. The van der Waals surface area contributed by atoms with Crippen LogP contribution in [0.4, 0.5) is 0 Å². The summed E-state index contributed by atoms with van der Waals surface area (Å²) in [6.45, 7) is 1.83. The number of aryl methyl sites for hydroxylation is 1. The lowest BCUT2D eigenvalue weighted by Gasteiger charge is -1.98. The van der Waals surface area contributed by atoms with Crippen molar-refractivity contribution in [3.63, 3.8) is 0 Å². The Balaban J connectivity index is 2.65. The Hall–Kier alpha value is -1.55. The normalized spacial score (nSPS) is 11.4. The van der Waals surface area contributed by atoms with Crippen molar-refractivity contribution < 1.29 is 8.83 Å². The molecule has 0 radical (unpaired) electrons. The standard InChI is InChI=1S/C12H7BrO3/c1-6-5-15-11-8-3-2-7(13)4-9(8)16-12(14)10(6)11/h2-5H,1H3. The van der Waals surface area contributed by atoms with Crippen LogP contribution in [0.25, 0.3) is 21.9 Å². The third kappa shape index (κ3) is 1.23. The molecule has 0 aliphatic rings. The zero-order valence-corrected chi connectivity index (χ0v) is 10.00. The van der Waals surface area contributed by atoms with Crippen LogP contribution in [0, 0.1) is 6.92 Å². The minimum absolute atomic E-state index is 0.355. The van der Waals surface area contributed by atoms with Gasteiger partial charge in [0.1, 0.15) is 11.0 Å². The van der Waals surface area contributed by atoms with Crippen molar-refractivity contribution in [1.29, 1.82) is 0 Å². The van der Waals surface area contributed by atoms with Gasteiger partial charge in [0.2, 0.25) is 0 Å². The van der Waals surface area contributed by atoms with Crippen LogP contribution in [0.3, 0.4) is 0 Å². The second kappa shape index (κ2) is 3.22. The van der Waals surface area contributed by atoms with Crippen LogP contribution in [-0.4, -0.2) is 0 Å². The highest BCUT2D eigenvalue weighted by molar-refractivity contribution is 9.10. The van der Waals surface area contributed by atoms with Crippen molar-refractivity contribution in [3.8, 4) is 0 Å². The smallest absolute Gasteiger partial charge is 0.347 e. The number of hydrogen-bond donors (Lipinski definition) is 0. The van der Waals surface area contributed by atoms with Gasteiger partial charge in [-0.1, -0.05) is 15.9 Å². The topological polar surface area (TPSA) is 43.4 Å². The zero-order valence-electron chi connectivity index (χ0n) is 8.41. The van der Waals surface area contributed by atoms with E-state index in [0.717, 1.165) is 15.4 Å².